The molecule has 2 N–H and O–H groups in total. The first kappa shape index (κ1) is 12.0. The van der Waals surface area contributed by atoms with E-state index in [0.717, 1.165) is 37.9 Å². The van der Waals surface area contributed by atoms with Gasteiger partial charge in [0.2, 0.25) is 5.91 Å². The summed E-state index contributed by atoms with van der Waals surface area (Å²) in [6, 6.07) is 3.95. The minimum Gasteiger partial charge on any atom is -0.355 e. The van der Waals surface area contributed by atoms with E-state index in [1.165, 1.54) is 0 Å². The maximum atomic E-state index is 11.8. The van der Waals surface area contributed by atoms with Gasteiger partial charge in [0.05, 0.1) is 5.92 Å². The molecule has 1 aromatic rings. The third-order valence-corrected chi connectivity index (χ3v) is 3.10. The van der Waals surface area contributed by atoms with Crippen molar-refractivity contribution in [1.82, 2.24) is 15.6 Å². The van der Waals surface area contributed by atoms with Gasteiger partial charge in [-0.2, -0.15) is 0 Å². The van der Waals surface area contributed by atoms with Gasteiger partial charge in [0, 0.05) is 25.5 Å². The Balaban J connectivity index is 1.69. The summed E-state index contributed by atoms with van der Waals surface area (Å²) in [5, 5.41) is 6.25. The van der Waals surface area contributed by atoms with Crippen LogP contribution in [-0.4, -0.2) is 30.5 Å². The molecule has 1 aromatic heterocycles. The first-order valence-electron chi connectivity index (χ1n) is 6.23. The molecule has 4 heteroatoms. The number of carbonyl (C=O) groups is 1. The van der Waals surface area contributed by atoms with E-state index in [2.05, 4.69) is 15.6 Å². The molecule has 0 aliphatic carbocycles. The molecular weight excluding hydrogens is 214 g/mol. The lowest BCUT2D eigenvalue weighted by Gasteiger charge is -2.21. The molecule has 1 saturated heterocycles. The van der Waals surface area contributed by atoms with E-state index in [1.807, 2.05) is 18.3 Å². The fourth-order valence-electron chi connectivity index (χ4n) is 2.10. The van der Waals surface area contributed by atoms with Crippen molar-refractivity contribution in [1.29, 1.82) is 0 Å². The zero-order valence-electron chi connectivity index (χ0n) is 9.98. The molecule has 1 amide bonds. The number of hydrogen-bond donors (Lipinski definition) is 2. The van der Waals surface area contributed by atoms with Crippen molar-refractivity contribution in [2.75, 3.05) is 19.6 Å². The molecule has 0 radical (unpaired) electrons. The van der Waals surface area contributed by atoms with Gasteiger partial charge in [-0.15, -0.1) is 0 Å². The Bertz CT molecular complexity index is 347. The number of pyridine rings is 1. The predicted molar refractivity (Wildman–Crippen MR) is 66.5 cm³/mol. The molecule has 1 aliphatic heterocycles. The molecule has 0 saturated carbocycles. The molecular formula is C13H19N3O. The van der Waals surface area contributed by atoms with Gasteiger partial charge in [-0.3, -0.25) is 9.78 Å². The summed E-state index contributed by atoms with van der Waals surface area (Å²) in [7, 11) is 0. The van der Waals surface area contributed by atoms with Crippen LogP contribution in [0.4, 0.5) is 0 Å². The SMILES string of the molecule is O=C(NCCc1cccnc1)[C@H]1CCCNC1. The summed E-state index contributed by atoms with van der Waals surface area (Å²) >= 11 is 0. The summed E-state index contributed by atoms with van der Waals surface area (Å²) in [5.41, 5.74) is 1.16. The average Bonchev–Trinajstić information content (AvgIpc) is 2.41. The van der Waals surface area contributed by atoms with Crippen LogP contribution in [0.1, 0.15) is 18.4 Å². The van der Waals surface area contributed by atoms with Gasteiger partial charge in [-0.05, 0) is 37.4 Å². The average molecular weight is 233 g/mol. The zero-order valence-corrected chi connectivity index (χ0v) is 9.98. The molecule has 92 valence electrons. The Morgan fingerprint density at radius 3 is 3.24 bits per heavy atom. The monoisotopic (exact) mass is 233 g/mol. The number of rotatable bonds is 4. The minimum absolute atomic E-state index is 0.151. The lowest BCUT2D eigenvalue weighted by atomic mass is 9.99. The summed E-state index contributed by atoms with van der Waals surface area (Å²) in [6.07, 6.45) is 6.55. The van der Waals surface area contributed by atoms with Crippen molar-refractivity contribution < 1.29 is 4.79 Å². The smallest absolute Gasteiger partial charge is 0.224 e. The predicted octanol–water partition coefficient (Wildman–Crippen LogP) is 0.740. The summed E-state index contributed by atoms with van der Waals surface area (Å²) < 4.78 is 0. The van der Waals surface area contributed by atoms with Crippen LogP contribution in [0.5, 0.6) is 0 Å². The maximum absolute atomic E-state index is 11.8. The molecule has 0 unspecified atom stereocenters. The van der Waals surface area contributed by atoms with Crippen LogP contribution < -0.4 is 10.6 Å². The van der Waals surface area contributed by atoms with Crippen molar-refractivity contribution >= 4 is 5.91 Å². The van der Waals surface area contributed by atoms with E-state index in [-0.39, 0.29) is 11.8 Å². The van der Waals surface area contributed by atoms with Gasteiger partial charge < -0.3 is 10.6 Å². The highest BCUT2D eigenvalue weighted by molar-refractivity contribution is 5.78. The lowest BCUT2D eigenvalue weighted by Crippen LogP contribution is -2.41. The maximum Gasteiger partial charge on any atom is 0.224 e. The van der Waals surface area contributed by atoms with Crippen molar-refractivity contribution in [3.8, 4) is 0 Å². The van der Waals surface area contributed by atoms with Crippen LogP contribution in [0.3, 0.4) is 0 Å². The largest absolute Gasteiger partial charge is 0.355 e. The highest BCUT2D eigenvalue weighted by atomic mass is 16.1. The number of piperidine rings is 1. The number of aromatic nitrogens is 1. The molecule has 2 heterocycles. The van der Waals surface area contributed by atoms with E-state index in [0.29, 0.717) is 6.54 Å². The second kappa shape index (κ2) is 6.35. The topological polar surface area (TPSA) is 54.0 Å². The first-order chi connectivity index (χ1) is 8.36. The molecule has 4 nitrogen and oxygen atoms in total. The van der Waals surface area contributed by atoms with E-state index in [4.69, 9.17) is 0 Å². The molecule has 1 fully saturated rings. The number of hydrogen-bond acceptors (Lipinski definition) is 3. The van der Waals surface area contributed by atoms with Gasteiger partial charge in [-0.1, -0.05) is 6.07 Å². The third kappa shape index (κ3) is 3.82. The Hall–Kier alpha value is -1.42. The summed E-state index contributed by atoms with van der Waals surface area (Å²) in [4.78, 5) is 15.9. The van der Waals surface area contributed by atoms with E-state index in [1.54, 1.807) is 6.20 Å². The Morgan fingerprint density at radius 1 is 1.59 bits per heavy atom. The molecule has 17 heavy (non-hydrogen) atoms. The third-order valence-electron chi connectivity index (χ3n) is 3.10. The van der Waals surface area contributed by atoms with Crippen molar-refractivity contribution in [3.05, 3.63) is 30.1 Å². The van der Waals surface area contributed by atoms with E-state index in [9.17, 15) is 4.79 Å². The molecule has 1 aliphatic rings. The molecule has 1 atom stereocenters. The Kier molecular flexibility index (Phi) is 4.50. The van der Waals surface area contributed by atoms with Crippen LogP contribution >= 0.6 is 0 Å². The van der Waals surface area contributed by atoms with Crippen LogP contribution in [0.25, 0.3) is 0 Å². The van der Waals surface area contributed by atoms with Crippen molar-refractivity contribution in [2.24, 2.45) is 5.92 Å². The lowest BCUT2D eigenvalue weighted by molar-refractivity contribution is -0.125. The zero-order chi connectivity index (χ0) is 11.9. The summed E-state index contributed by atoms with van der Waals surface area (Å²) in [5.74, 6) is 0.332. The van der Waals surface area contributed by atoms with Gasteiger partial charge in [0.25, 0.3) is 0 Å². The van der Waals surface area contributed by atoms with Gasteiger partial charge in [-0.25, -0.2) is 0 Å². The van der Waals surface area contributed by atoms with Crippen LogP contribution in [0, 0.1) is 5.92 Å². The van der Waals surface area contributed by atoms with Gasteiger partial charge in [0.15, 0.2) is 0 Å². The highest BCUT2D eigenvalue weighted by Crippen LogP contribution is 2.09. The Morgan fingerprint density at radius 2 is 2.53 bits per heavy atom. The normalized spacial score (nSPS) is 19.9. The second-order valence-corrected chi connectivity index (χ2v) is 4.45. The number of nitrogens with one attached hydrogen (secondary N) is 2. The first-order valence-corrected chi connectivity index (χ1v) is 6.23. The Labute approximate surface area is 102 Å². The second-order valence-electron chi connectivity index (χ2n) is 4.45. The fourth-order valence-corrected chi connectivity index (χ4v) is 2.10. The van der Waals surface area contributed by atoms with Gasteiger partial charge in [0.1, 0.15) is 0 Å². The van der Waals surface area contributed by atoms with Crippen LogP contribution in [0.2, 0.25) is 0 Å². The van der Waals surface area contributed by atoms with Crippen molar-refractivity contribution in [2.45, 2.75) is 19.3 Å². The number of nitrogens with zero attached hydrogens (tertiary/aromatic N) is 1. The quantitative estimate of drug-likeness (QED) is 0.806. The van der Waals surface area contributed by atoms with Crippen molar-refractivity contribution in [3.63, 3.8) is 0 Å². The number of amides is 1. The molecule has 0 aromatic carbocycles. The number of carbonyl (C=O) groups excluding carboxylic acids is 1. The standard InChI is InChI=1S/C13H19N3O/c17-13(12-4-2-7-15-10-12)16-8-5-11-3-1-6-14-9-11/h1,3,6,9,12,15H,2,4-5,7-8,10H2,(H,16,17)/t12-/m0/s1. The minimum atomic E-state index is 0.151. The molecule has 0 spiro atoms. The van der Waals surface area contributed by atoms with E-state index >= 15 is 0 Å². The van der Waals surface area contributed by atoms with Gasteiger partial charge >= 0.3 is 0 Å². The fraction of sp³-hybridized carbons (Fsp3) is 0.538. The van der Waals surface area contributed by atoms with Crippen LogP contribution in [0.15, 0.2) is 24.5 Å². The highest BCUT2D eigenvalue weighted by Gasteiger charge is 2.19. The molecule has 2 rings (SSSR count). The molecule has 0 bridgehead atoms. The van der Waals surface area contributed by atoms with Crippen LogP contribution in [-0.2, 0) is 11.2 Å². The summed E-state index contributed by atoms with van der Waals surface area (Å²) in [6.45, 7) is 2.55. The van der Waals surface area contributed by atoms with E-state index < -0.39 is 0 Å².